The van der Waals surface area contributed by atoms with Crippen LogP contribution in [0.5, 0.6) is 5.75 Å². The van der Waals surface area contributed by atoms with Crippen LogP contribution >= 0.6 is 11.6 Å². The van der Waals surface area contributed by atoms with Crippen molar-refractivity contribution < 1.29 is 8.95 Å². The molecule has 1 heterocycles. The molecule has 3 nitrogen and oxygen atoms in total. The lowest BCUT2D eigenvalue weighted by molar-refractivity contribution is 0.357. The van der Waals surface area contributed by atoms with Crippen LogP contribution in [-0.4, -0.2) is 23.6 Å². The maximum absolute atomic E-state index is 11.3. The molecular formula is C18H20ClNO2S. The van der Waals surface area contributed by atoms with Crippen LogP contribution in [0.3, 0.4) is 0 Å². The first-order valence-corrected chi connectivity index (χ1v) is 9.79. The predicted molar refractivity (Wildman–Crippen MR) is 97.1 cm³/mol. The van der Waals surface area contributed by atoms with Crippen molar-refractivity contribution in [3.8, 4) is 5.75 Å². The summed E-state index contributed by atoms with van der Waals surface area (Å²) in [6, 6.07) is 12.2. The third-order valence-electron chi connectivity index (χ3n) is 3.88. The van der Waals surface area contributed by atoms with E-state index in [1.54, 1.807) is 6.26 Å². The van der Waals surface area contributed by atoms with Crippen LogP contribution in [0.25, 0.3) is 0 Å². The summed E-state index contributed by atoms with van der Waals surface area (Å²) in [6.45, 7) is 1.59. The molecule has 0 amide bonds. The average Bonchev–Trinajstić information content (AvgIpc) is 2.97. The van der Waals surface area contributed by atoms with Crippen molar-refractivity contribution in [1.29, 1.82) is 0 Å². The summed E-state index contributed by atoms with van der Waals surface area (Å²) >= 11 is 6.24. The van der Waals surface area contributed by atoms with Gasteiger partial charge in [-0.25, -0.2) is 0 Å². The molecule has 23 heavy (non-hydrogen) atoms. The highest BCUT2D eigenvalue weighted by molar-refractivity contribution is 7.83. The molecule has 1 N–H and O–H groups in total. The van der Waals surface area contributed by atoms with Gasteiger partial charge in [-0.15, -0.1) is 0 Å². The fourth-order valence-corrected chi connectivity index (χ4v) is 3.60. The molecule has 0 bridgehead atoms. The van der Waals surface area contributed by atoms with Crippen LogP contribution in [0.1, 0.15) is 16.7 Å². The smallest absolute Gasteiger partial charge is 0.122 e. The van der Waals surface area contributed by atoms with Crippen LogP contribution in [-0.2, 0) is 29.4 Å². The number of halogens is 1. The first-order chi connectivity index (χ1) is 11.1. The molecule has 1 aliphatic rings. The molecule has 3 rings (SSSR count). The molecule has 0 fully saturated rings. The Kier molecular flexibility index (Phi) is 5.23. The lowest BCUT2D eigenvalue weighted by atomic mass is 10.1. The van der Waals surface area contributed by atoms with Crippen molar-refractivity contribution in [2.24, 2.45) is 0 Å². The molecule has 0 unspecified atom stereocenters. The molecule has 0 spiro atoms. The predicted octanol–water partition coefficient (Wildman–Crippen LogP) is 3.81. The number of ether oxygens (including phenoxy) is 1. The molecule has 2 aromatic rings. The van der Waals surface area contributed by atoms with Crippen LogP contribution in [0.4, 0.5) is 5.69 Å². The molecule has 0 saturated carbocycles. The second-order valence-corrected chi connectivity index (χ2v) is 7.59. The molecule has 0 radical (unpaired) electrons. The minimum atomic E-state index is -0.850. The van der Waals surface area contributed by atoms with E-state index in [1.807, 2.05) is 18.2 Å². The second kappa shape index (κ2) is 7.37. The Morgan fingerprint density at radius 1 is 1.22 bits per heavy atom. The minimum Gasteiger partial charge on any atom is -0.493 e. The van der Waals surface area contributed by atoms with Gasteiger partial charge in [-0.3, -0.25) is 4.21 Å². The fourth-order valence-electron chi connectivity index (χ4n) is 2.77. The number of hydrogen-bond donors (Lipinski definition) is 1. The standard InChI is InChI=1S/C18H20ClNO2S/c1-23(21)12-14-2-4-16(19)17(11-14)20-8-6-13-3-5-18-15(10-13)7-9-22-18/h2-5,10-11,20H,6-9,12H2,1H3/t23-/m1/s1. The second-order valence-electron chi connectivity index (χ2n) is 5.75. The van der Waals surface area contributed by atoms with Gasteiger partial charge in [0.2, 0.25) is 0 Å². The molecule has 122 valence electrons. The van der Waals surface area contributed by atoms with E-state index in [1.165, 1.54) is 11.1 Å². The molecule has 1 aliphatic heterocycles. The summed E-state index contributed by atoms with van der Waals surface area (Å²) in [7, 11) is -0.850. The van der Waals surface area contributed by atoms with Crippen molar-refractivity contribution in [3.05, 3.63) is 58.1 Å². The highest BCUT2D eigenvalue weighted by Gasteiger charge is 2.11. The Morgan fingerprint density at radius 2 is 2.04 bits per heavy atom. The van der Waals surface area contributed by atoms with Gasteiger partial charge in [-0.2, -0.15) is 0 Å². The Morgan fingerprint density at radius 3 is 2.87 bits per heavy atom. The van der Waals surface area contributed by atoms with E-state index in [0.717, 1.165) is 43.0 Å². The van der Waals surface area contributed by atoms with E-state index in [4.69, 9.17) is 16.3 Å². The van der Waals surface area contributed by atoms with Crippen molar-refractivity contribution in [2.45, 2.75) is 18.6 Å². The fraction of sp³-hybridized carbons (Fsp3) is 0.333. The topological polar surface area (TPSA) is 38.3 Å². The molecule has 5 heteroatoms. The zero-order valence-corrected chi connectivity index (χ0v) is 14.7. The first-order valence-electron chi connectivity index (χ1n) is 7.69. The van der Waals surface area contributed by atoms with Gasteiger partial charge >= 0.3 is 0 Å². The minimum absolute atomic E-state index is 0.552. The monoisotopic (exact) mass is 349 g/mol. The van der Waals surface area contributed by atoms with Gasteiger partial charge in [0.05, 0.1) is 17.3 Å². The summed E-state index contributed by atoms with van der Waals surface area (Å²) in [5.41, 5.74) is 4.53. The van der Waals surface area contributed by atoms with Crippen molar-refractivity contribution in [2.75, 3.05) is 24.7 Å². The molecule has 0 saturated heterocycles. The lowest BCUT2D eigenvalue weighted by Crippen LogP contribution is -2.06. The van der Waals surface area contributed by atoms with E-state index < -0.39 is 10.8 Å². The average molecular weight is 350 g/mol. The molecule has 0 aromatic heterocycles. The first kappa shape index (κ1) is 16.3. The van der Waals surface area contributed by atoms with Gasteiger partial charge in [-0.1, -0.05) is 29.8 Å². The summed E-state index contributed by atoms with van der Waals surface area (Å²) in [4.78, 5) is 0. The summed E-state index contributed by atoms with van der Waals surface area (Å²) in [5, 5.41) is 4.07. The maximum Gasteiger partial charge on any atom is 0.122 e. The normalized spacial score (nSPS) is 14.2. The number of anilines is 1. The van der Waals surface area contributed by atoms with Gasteiger partial charge in [0.1, 0.15) is 5.75 Å². The molecule has 0 aliphatic carbocycles. The third kappa shape index (κ3) is 4.27. The zero-order chi connectivity index (χ0) is 16.2. The van der Waals surface area contributed by atoms with E-state index in [-0.39, 0.29) is 0 Å². The number of benzene rings is 2. The summed E-state index contributed by atoms with van der Waals surface area (Å²) < 4.78 is 16.9. The van der Waals surface area contributed by atoms with Crippen LogP contribution in [0, 0.1) is 0 Å². The van der Waals surface area contributed by atoms with E-state index in [2.05, 4.69) is 23.5 Å². The van der Waals surface area contributed by atoms with E-state index in [0.29, 0.717) is 10.8 Å². The number of rotatable bonds is 6. The van der Waals surface area contributed by atoms with Gasteiger partial charge in [-0.05, 0) is 41.3 Å². The SMILES string of the molecule is C[S@@](=O)Cc1ccc(Cl)c(NCCc2ccc3c(c2)CCO3)c1. The molecular weight excluding hydrogens is 330 g/mol. The van der Waals surface area contributed by atoms with Crippen LogP contribution in [0.2, 0.25) is 5.02 Å². The van der Waals surface area contributed by atoms with Crippen molar-refractivity contribution in [1.82, 2.24) is 0 Å². The van der Waals surface area contributed by atoms with Gasteiger partial charge in [0.15, 0.2) is 0 Å². The highest BCUT2D eigenvalue weighted by Crippen LogP contribution is 2.27. The van der Waals surface area contributed by atoms with E-state index in [9.17, 15) is 4.21 Å². The van der Waals surface area contributed by atoms with Crippen molar-refractivity contribution >= 4 is 28.1 Å². The summed E-state index contributed by atoms with van der Waals surface area (Å²) in [6.07, 6.45) is 3.63. The molecule has 2 aromatic carbocycles. The Bertz CT molecular complexity index is 733. The number of hydrogen-bond acceptors (Lipinski definition) is 3. The molecule has 1 atom stereocenters. The van der Waals surface area contributed by atoms with Crippen molar-refractivity contribution in [3.63, 3.8) is 0 Å². The highest BCUT2D eigenvalue weighted by atomic mass is 35.5. The Labute approximate surface area is 144 Å². The van der Waals surface area contributed by atoms with Crippen LogP contribution < -0.4 is 10.1 Å². The Balaban J connectivity index is 1.61. The van der Waals surface area contributed by atoms with E-state index >= 15 is 0 Å². The van der Waals surface area contributed by atoms with Gasteiger partial charge in [0.25, 0.3) is 0 Å². The van der Waals surface area contributed by atoms with Crippen LogP contribution in [0.15, 0.2) is 36.4 Å². The number of fused-ring (bicyclic) bond motifs is 1. The third-order valence-corrected chi connectivity index (χ3v) is 4.95. The zero-order valence-electron chi connectivity index (χ0n) is 13.1. The quantitative estimate of drug-likeness (QED) is 0.861. The maximum atomic E-state index is 11.3. The van der Waals surface area contributed by atoms with Gasteiger partial charge < -0.3 is 10.1 Å². The lowest BCUT2D eigenvalue weighted by Gasteiger charge is -2.11. The largest absolute Gasteiger partial charge is 0.493 e. The van der Waals surface area contributed by atoms with Gasteiger partial charge in [0, 0.05) is 35.8 Å². The number of nitrogens with one attached hydrogen (secondary N) is 1. The summed E-state index contributed by atoms with van der Waals surface area (Å²) in [5.74, 6) is 1.57. The Hall–Kier alpha value is -1.52.